The van der Waals surface area contributed by atoms with Crippen molar-refractivity contribution in [3.63, 3.8) is 0 Å². The lowest BCUT2D eigenvalue weighted by Crippen LogP contribution is -2.36. The molecule has 1 N–H and O–H groups in total. The minimum Gasteiger partial charge on any atom is -0.493 e. The van der Waals surface area contributed by atoms with E-state index in [1.807, 2.05) is 77.5 Å². The van der Waals surface area contributed by atoms with Crippen LogP contribution in [-0.2, 0) is 11.4 Å². The third kappa shape index (κ3) is 4.81. The van der Waals surface area contributed by atoms with Gasteiger partial charge in [-0.2, -0.15) is 4.98 Å². The SMILES string of the molecule is COc1ccc(-c2nc3n(n2)C(c2cccc(OCc4ccccc4)c2)C2=C(CC(C)(C)CC2=O)N3)cc1OC. The molecule has 2 heterocycles. The van der Waals surface area contributed by atoms with E-state index in [0.717, 1.165) is 40.1 Å². The molecule has 2 aliphatic rings. The van der Waals surface area contributed by atoms with Crippen LogP contribution in [0.15, 0.2) is 84.1 Å². The molecule has 0 fully saturated rings. The molecule has 0 amide bonds. The molecule has 0 saturated carbocycles. The van der Waals surface area contributed by atoms with Gasteiger partial charge in [0.2, 0.25) is 5.95 Å². The predicted molar refractivity (Wildman–Crippen MR) is 153 cm³/mol. The molecule has 3 aromatic carbocycles. The zero-order valence-corrected chi connectivity index (χ0v) is 23.1. The molecule has 4 aromatic rings. The second-order valence-corrected chi connectivity index (χ2v) is 11.0. The van der Waals surface area contributed by atoms with Crippen molar-refractivity contribution in [3.8, 4) is 28.6 Å². The zero-order valence-electron chi connectivity index (χ0n) is 23.1. The second kappa shape index (κ2) is 10.2. The Balaban J connectivity index is 1.42. The maximum absolute atomic E-state index is 13.6. The average molecular weight is 537 g/mol. The molecule has 1 aliphatic carbocycles. The maximum Gasteiger partial charge on any atom is 0.226 e. The van der Waals surface area contributed by atoms with Gasteiger partial charge in [-0.05, 0) is 53.3 Å². The number of ketones is 1. The van der Waals surface area contributed by atoms with Crippen LogP contribution in [0.2, 0.25) is 0 Å². The first kappa shape index (κ1) is 25.7. The molecule has 1 unspecified atom stereocenters. The van der Waals surface area contributed by atoms with Crippen molar-refractivity contribution in [2.45, 2.75) is 39.3 Å². The molecular formula is C32H32N4O4. The van der Waals surface area contributed by atoms with Crippen LogP contribution in [-0.4, -0.2) is 34.8 Å². The number of nitrogens with one attached hydrogen (secondary N) is 1. The van der Waals surface area contributed by atoms with Crippen molar-refractivity contribution in [2.75, 3.05) is 19.5 Å². The van der Waals surface area contributed by atoms with Gasteiger partial charge in [0.1, 0.15) is 18.4 Å². The number of methoxy groups -OCH3 is 2. The van der Waals surface area contributed by atoms with Crippen molar-refractivity contribution in [2.24, 2.45) is 5.41 Å². The minimum atomic E-state index is -0.434. The molecule has 0 bridgehead atoms. The normalized spacial score (nSPS) is 17.5. The lowest BCUT2D eigenvalue weighted by Gasteiger charge is -2.38. The molecule has 6 rings (SSSR count). The summed E-state index contributed by atoms with van der Waals surface area (Å²) in [5.41, 5.74) is 4.27. The highest BCUT2D eigenvalue weighted by atomic mass is 16.5. The van der Waals surface area contributed by atoms with Crippen LogP contribution in [0.1, 0.15) is 43.9 Å². The Hall–Kier alpha value is -4.59. The standard InChI is InChI=1S/C32H32N4O4/c1-32(2)17-24-28(25(37)18-32)29(21-11-8-12-23(15-21)40-19-20-9-6-5-7-10-20)36-31(33-24)34-30(35-36)22-13-14-26(38-3)27(16-22)39-4/h5-16,29H,17-19H2,1-4H3,(H,33,34,35). The molecular weight excluding hydrogens is 504 g/mol. The fraction of sp³-hybridized carbons (Fsp3) is 0.281. The first-order valence-electron chi connectivity index (χ1n) is 13.3. The van der Waals surface area contributed by atoms with Crippen LogP contribution in [0.25, 0.3) is 11.4 Å². The number of carbonyl (C=O) groups is 1. The highest BCUT2D eigenvalue weighted by Crippen LogP contribution is 2.46. The van der Waals surface area contributed by atoms with Gasteiger partial charge in [0.25, 0.3) is 0 Å². The van der Waals surface area contributed by atoms with Gasteiger partial charge in [-0.15, -0.1) is 5.10 Å². The fourth-order valence-corrected chi connectivity index (χ4v) is 5.53. The summed E-state index contributed by atoms with van der Waals surface area (Å²) in [5.74, 6) is 3.19. The third-order valence-electron chi connectivity index (χ3n) is 7.40. The number of aromatic nitrogens is 3. The number of nitrogens with zero attached hydrogens (tertiary/aromatic N) is 3. The predicted octanol–water partition coefficient (Wildman–Crippen LogP) is 6.20. The van der Waals surface area contributed by atoms with Crippen molar-refractivity contribution in [1.82, 2.24) is 14.8 Å². The summed E-state index contributed by atoms with van der Waals surface area (Å²) in [6, 6.07) is 23.1. The smallest absolute Gasteiger partial charge is 0.226 e. The van der Waals surface area contributed by atoms with Crippen molar-refractivity contribution >= 4 is 11.7 Å². The summed E-state index contributed by atoms with van der Waals surface area (Å²) in [7, 11) is 3.20. The van der Waals surface area contributed by atoms with Crippen LogP contribution in [0.4, 0.5) is 5.95 Å². The van der Waals surface area contributed by atoms with Gasteiger partial charge >= 0.3 is 0 Å². The summed E-state index contributed by atoms with van der Waals surface area (Å²) in [6.07, 6.45) is 1.22. The van der Waals surface area contributed by atoms with E-state index in [1.54, 1.807) is 14.2 Å². The summed E-state index contributed by atoms with van der Waals surface area (Å²) in [4.78, 5) is 18.5. The number of fused-ring (bicyclic) bond motifs is 1. The maximum atomic E-state index is 13.6. The first-order valence-corrected chi connectivity index (χ1v) is 13.3. The van der Waals surface area contributed by atoms with Crippen molar-refractivity contribution in [3.05, 3.63) is 95.2 Å². The molecule has 0 spiro atoms. The van der Waals surface area contributed by atoms with E-state index in [9.17, 15) is 4.79 Å². The number of hydrogen-bond acceptors (Lipinski definition) is 7. The Kier molecular flexibility index (Phi) is 6.54. The second-order valence-electron chi connectivity index (χ2n) is 11.0. The van der Waals surface area contributed by atoms with Crippen molar-refractivity contribution in [1.29, 1.82) is 0 Å². The number of carbonyl (C=O) groups excluding carboxylic acids is 1. The molecule has 40 heavy (non-hydrogen) atoms. The lowest BCUT2D eigenvalue weighted by atomic mass is 9.73. The molecule has 204 valence electrons. The fourth-order valence-electron chi connectivity index (χ4n) is 5.53. The average Bonchev–Trinajstić information content (AvgIpc) is 3.38. The van der Waals surface area contributed by atoms with E-state index in [2.05, 4.69) is 19.2 Å². The van der Waals surface area contributed by atoms with Crippen LogP contribution >= 0.6 is 0 Å². The van der Waals surface area contributed by atoms with E-state index in [1.165, 1.54) is 0 Å². The van der Waals surface area contributed by atoms with E-state index in [-0.39, 0.29) is 11.2 Å². The quantitative estimate of drug-likeness (QED) is 0.301. The van der Waals surface area contributed by atoms with E-state index in [0.29, 0.717) is 36.3 Å². The number of hydrogen-bond donors (Lipinski definition) is 1. The highest BCUT2D eigenvalue weighted by molar-refractivity contribution is 6.00. The number of anilines is 1. The van der Waals surface area contributed by atoms with Gasteiger partial charge < -0.3 is 19.5 Å². The Morgan fingerprint density at radius 1 is 0.950 bits per heavy atom. The van der Waals surface area contributed by atoms with Crippen molar-refractivity contribution < 1.29 is 19.0 Å². The van der Waals surface area contributed by atoms with E-state index < -0.39 is 6.04 Å². The Bertz CT molecular complexity index is 1610. The summed E-state index contributed by atoms with van der Waals surface area (Å²) in [5, 5.41) is 8.36. The Morgan fingerprint density at radius 2 is 1.75 bits per heavy atom. The third-order valence-corrected chi connectivity index (χ3v) is 7.40. The van der Waals surface area contributed by atoms with E-state index >= 15 is 0 Å². The summed E-state index contributed by atoms with van der Waals surface area (Å²) < 4.78 is 18.9. The van der Waals surface area contributed by atoms with Gasteiger partial charge in [-0.3, -0.25) is 4.79 Å². The van der Waals surface area contributed by atoms with Crippen LogP contribution in [0.3, 0.4) is 0 Å². The summed E-state index contributed by atoms with van der Waals surface area (Å²) >= 11 is 0. The molecule has 0 saturated heterocycles. The van der Waals surface area contributed by atoms with Gasteiger partial charge in [0.05, 0.1) is 14.2 Å². The van der Waals surface area contributed by atoms with E-state index in [4.69, 9.17) is 24.3 Å². The largest absolute Gasteiger partial charge is 0.493 e. The topological polar surface area (TPSA) is 87.5 Å². The molecule has 1 aromatic heterocycles. The van der Waals surface area contributed by atoms with Crippen LogP contribution in [0.5, 0.6) is 17.2 Å². The summed E-state index contributed by atoms with van der Waals surface area (Å²) in [6.45, 7) is 4.70. The van der Waals surface area contributed by atoms with Gasteiger partial charge in [0.15, 0.2) is 23.1 Å². The van der Waals surface area contributed by atoms with Crippen LogP contribution < -0.4 is 19.5 Å². The monoisotopic (exact) mass is 536 g/mol. The molecule has 8 nitrogen and oxygen atoms in total. The number of benzene rings is 3. The lowest BCUT2D eigenvalue weighted by molar-refractivity contribution is -0.118. The number of ether oxygens (including phenoxy) is 3. The van der Waals surface area contributed by atoms with Gasteiger partial charge in [-0.1, -0.05) is 56.3 Å². The van der Waals surface area contributed by atoms with Gasteiger partial charge in [0, 0.05) is 23.3 Å². The number of Topliss-reactive ketones (excluding diaryl/α,β-unsaturated/α-hetero) is 1. The Morgan fingerprint density at radius 3 is 2.52 bits per heavy atom. The number of rotatable bonds is 7. The highest BCUT2D eigenvalue weighted by Gasteiger charge is 2.42. The molecule has 1 atom stereocenters. The minimum absolute atomic E-state index is 0.119. The zero-order chi connectivity index (χ0) is 27.9. The number of allylic oxidation sites excluding steroid dienone is 2. The first-order chi connectivity index (χ1) is 19.3. The van der Waals surface area contributed by atoms with Crippen LogP contribution in [0, 0.1) is 5.41 Å². The Labute approximate surface area is 233 Å². The molecule has 1 aliphatic heterocycles. The molecule has 0 radical (unpaired) electrons. The molecule has 8 heteroatoms. The van der Waals surface area contributed by atoms with Gasteiger partial charge in [-0.25, -0.2) is 4.68 Å².